The van der Waals surface area contributed by atoms with E-state index in [1.54, 1.807) is 0 Å². The first-order valence-electron chi connectivity index (χ1n) is 7.08. The highest BCUT2D eigenvalue weighted by Gasteiger charge is 2.54. The normalized spacial score (nSPS) is 23.4. The van der Waals surface area contributed by atoms with E-state index in [0.717, 1.165) is 43.6 Å². The van der Waals surface area contributed by atoms with Gasteiger partial charge in [0.25, 0.3) is 0 Å². The van der Waals surface area contributed by atoms with Crippen LogP contribution in [0.25, 0.3) is 0 Å². The predicted molar refractivity (Wildman–Crippen MR) is 76.7 cm³/mol. The maximum atomic E-state index is 12.8. The summed E-state index contributed by atoms with van der Waals surface area (Å²) in [4.78, 5) is 14.9. The van der Waals surface area contributed by atoms with Gasteiger partial charge in [0.2, 0.25) is 5.91 Å². The largest absolute Gasteiger partial charge is 0.399 e. The van der Waals surface area contributed by atoms with Gasteiger partial charge in [-0.25, -0.2) is 0 Å². The van der Waals surface area contributed by atoms with Gasteiger partial charge in [-0.05, 0) is 42.4 Å². The van der Waals surface area contributed by atoms with Crippen LogP contribution in [0.2, 0.25) is 0 Å². The summed E-state index contributed by atoms with van der Waals surface area (Å²) in [5, 5.41) is 0. The minimum atomic E-state index is -0.242. The minimum Gasteiger partial charge on any atom is -0.399 e. The molecule has 0 atom stereocenters. The minimum absolute atomic E-state index is 0.242. The van der Waals surface area contributed by atoms with Crippen molar-refractivity contribution < 1.29 is 4.79 Å². The van der Waals surface area contributed by atoms with Crippen LogP contribution in [0.1, 0.15) is 38.7 Å². The Labute approximate surface area is 114 Å². The number of nitrogen functional groups attached to an aromatic ring is 1. The molecular formula is C16H22N2O. The topological polar surface area (TPSA) is 46.3 Å². The predicted octanol–water partition coefficient (Wildman–Crippen LogP) is 2.56. The number of rotatable bonds is 2. The lowest BCUT2D eigenvalue weighted by Gasteiger charge is -2.25. The van der Waals surface area contributed by atoms with Crippen molar-refractivity contribution >= 4 is 11.6 Å². The van der Waals surface area contributed by atoms with Crippen LogP contribution in [-0.4, -0.2) is 23.9 Å². The van der Waals surface area contributed by atoms with E-state index in [2.05, 4.69) is 18.7 Å². The molecule has 3 heteroatoms. The van der Waals surface area contributed by atoms with Gasteiger partial charge in [-0.1, -0.05) is 26.0 Å². The van der Waals surface area contributed by atoms with Gasteiger partial charge in [-0.2, -0.15) is 0 Å². The van der Waals surface area contributed by atoms with E-state index in [1.807, 2.05) is 24.3 Å². The smallest absolute Gasteiger partial charge is 0.233 e. The molecule has 19 heavy (non-hydrogen) atoms. The van der Waals surface area contributed by atoms with Gasteiger partial charge in [-0.3, -0.25) is 4.79 Å². The van der Waals surface area contributed by atoms with Crippen LogP contribution in [0.15, 0.2) is 24.3 Å². The third kappa shape index (κ3) is 2.11. The molecule has 3 nitrogen and oxygen atoms in total. The van der Waals surface area contributed by atoms with Crippen molar-refractivity contribution in [3.05, 3.63) is 29.8 Å². The van der Waals surface area contributed by atoms with Crippen LogP contribution < -0.4 is 5.73 Å². The first-order valence-corrected chi connectivity index (χ1v) is 7.08. The monoisotopic (exact) mass is 258 g/mol. The quantitative estimate of drug-likeness (QED) is 0.829. The summed E-state index contributed by atoms with van der Waals surface area (Å²) in [6.45, 7) is 6.28. The Kier molecular flexibility index (Phi) is 2.63. The lowest BCUT2D eigenvalue weighted by molar-refractivity contribution is -0.133. The molecule has 0 radical (unpaired) electrons. The Hall–Kier alpha value is -1.51. The third-order valence-corrected chi connectivity index (χ3v) is 4.59. The van der Waals surface area contributed by atoms with Crippen LogP contribution in [0, 0.1) is 5.41 Å². The summed E-state index contributed by atoms with van der Waals surface area (Å²) >= 11 is 0. The average molecular weight is 258 g/mol. The van der Waals surface area contributed by atoms with Gasteiger partial charge < -0.3 is 10.6 Å². The molecule has 2 fully saturated rings. The highest BCUT2D eigenvalue weighted by Crippen LogP contribution is 2.50. The number of benzene rings is 1. The molecule has 1 amide bonds. The van der Waals surface area contributed by atoms with Crippen molar-refractivity contribution in [2.24, 2.45) is 5.41 Å². The summed E-state index contributed by atoms with van der Waals surface area (Å²) in [6.07, 6.45) is 3.07. The second-order valence-corrected chi connectivity index (χ2v) is 6.85. The first kappa shape index (κ1) is 12.5. The fourth-order valence-corrected chi connectivity index (χ4v) is 3.14. The van der Waals surface area contributed by atoms with E-state index >= 15 is 0 Å². The molecule has 0 unspecified atom stereocenters. The molecule has 1 saturated heterocycles. The maximum Gasteiger partial charge on any atom is 0.233 e. The second-order valence-electron chi connectivity index (χ2n) is 6.85. The van der Waals surface area contributed by atoms with Gasteiger partial charge in [-0.15, -0.1) is 0 Å². The van der Waals surface area contributed by atoms with E-state index in [1.165, 1.54) is 0 Å². The zero-order chi connectivity index (χ0) is 13.7. The number of carbonyl (C=O) groups excluding carboxylic acids is 1. The Balaban J connectivity index is 1.82. The highest BCUT2D eigenvalue weighted by molar-refractivity contribution is 5.91. The summed E-state index contributed by atoms with van der Waals surface area (Å²) < 4.78 is 0. The van der Waals surface area contributed by atoms with Crippen molar-refractivity contribution in [3.8, 4) is 0 Å². The molecule has 2 N–H and O–H groups in total. The van der Waals surface area contributed by atoms with Crippen molar-refractivity contribution in [2.45, 2.75) is 38.5 Å². The number of hydrogen-bond donors (Lipinski definition) is 1. The lowest BCUT2D eigenvalue weighted by atomic mass is 9.92. The number of nitrogens with two attached hydrogens (primary N) is 1. The lowest BCUT2D eigenvalue weighted by Crippen LogP contribution is -2.38. The number of anilines is 1. The van der Waals surface area contributed by atoms with E-state index in [4.69, 9.17) is 5.73 Å². The zero-order valence-corrected chi connectivity index (χ0v) is 11.8. The summed E-state index contributed by atoms with van der Waals surface area (Å²) in [7, 11) is 0. The molecule has 1 aliphatic heterocycles. The van der Waals surface area contributed by atoms with Crippen LogP contribution >= 0.6 is 0 Å². The number of hydrogen-bond acceptors (Lipinski definition) is 2. The average Bonchev–Trinajstić information content (AvgIpc) is 3.09. The zero-order valence-electron chi connectivity index (χ0n) is 11.8. The van der Waals surface area contributed by atoms with Crippen molar-refractivity contribution in [1.82, 2.24) is 4.90 Å². The number of amides is 1. The molecule has 1 aliphatic carbocycles. The number of carbonyl (C=O) groups is 1. The van der Waals surface area contributed by atoms with Crippen LogP contribution in [0.5, 0.6) is 0 Å². The van der Waals surface area contributed by atoms with Crippen molar-refractivity contribution in [1.29, 1.82) is 0 Å². The van der Waals surface area contributed by atoms with Crippen molar-refractivity contribution in [2.75, 3.05) is 18.8 Å². The standard InChI is InChI=1S/C16H22N2O/c1-15(2)9-10-18(11-15)14(19)16(7-8-16)12-3-5-13(17)6-4-12/h3-6H,7-11,17H2,1-2H3. The molecule has 0 bridgehead atoms. The molecule has 2 aliphatic rings. The maximum absolute atomic E-state index is 12.8. The molecule has 102 valence electrons. The van der Waals surface area contributed by atoms with Crippen molar-refractivity contribution in [3.63, 3.8) is 0 Å². The second kappa shape index (κ2) is 3.99. The fraction of sp³-hybridized carbons (Fsp3) is 0.562. The molecule has 1 saturated carbocycles. The van der Waals surface area contributed by atoms with Crippen LogP contribution in [0.3, 0.4) is 0 Å². The van der Waals surface area contributed by atoms with Crippen LogP contribution in [0.4, 0.5) is 5.69 Å². The Bertz CT molecular complexity index is 500. The fourth-order valence-electron chi connectivity index (χ4n) is 3.14. The third-order valence-electron chi connectivity index (χ3n) is 4.59. The number of likely N-dealkylation sites (tertiary alicyclic amines) is 1. The summed E-state index contributed by atoms with van der Waals surface area (Å²) in [6, 6.07) is 7.83. The van der Waals surface area contributed by atoms with Gasteiger partial charge in [0.15, 0.2) is 0 Å². The van der Waals surface area contributed by atoms with Gasteiger partial charge in [0, 0.05) is 18.8 Å². The highest BCUT2D eigenvalue weighted by atomic mass is 16.2. The Morgan fingerprint density at radius 3 is 2.26 bits per heavy atom. The summed E-state index contributed by atoms with van der Waals surface area (Å²) in [5.41, 5.74) is 7.65. The molecular weight excluding hydrogens is 236 g/mol. The Morgan fingerprint density at radius 1 is 1.16 bits per heavy atom. The van der Waals surface area contributed by atoms with E-state index in [-0.39, 0.29) is 10.8 Å². The van der Waals surface area contributed by atoms with E-state index in [9.17, 15) is 4.79 Å². The Morgan fingerprint density at radius 2 is 1.79 bits per heavy atom. The summed E-state index contributed by atoms with van der Waals surface area (Å²) in [5.74, 6) is 0.322. The van der Waals surface area contributed by atoms with Gasteiger partial charge in [0.05, 0.1) is 5.41 Å². The SMILES string of the molecule is CC1(C)CCN(C(=O)C2(c3ccc(N)cc3)CC2)C1. The number of nitrogens with zero attached hydrogens (tertiary/aromatic N) is 1. The van der Waals surface area contributed by atoms with Gasteiger partial charge in [0.1, 0.15) is 0 Å². The molecule has 1 aromatic rings. The molecule has 0 aromatic heterocycles. The van der Waals surface area contributed by atoms with Crippen LogP contribution in [-0.2, 0) is 10.2 Å². The van der Waals surface area contributed by atoms with Gasteiger partial charge >= 0.3 is 0 Å². The molecule has 3 rings (SSSR count). The molecule has 1 heterocycles. The first-order chi connectivity index (χ1) is 8.93. The van der Waals surface area contributed by atoms with E-state index in [0.29, 0.717) is 5.91 Å². The molecule has 1 aromatic carbocycles. The van der Waals surface area contributed by atoms with E-state index < -0.39 is 0 Å². The molecule has 0 spiro atoms.